The van der Waals surface area contributed by atoms with Crippen LogP contribution in [0.3, 0.4) is 0 Å². The number of fused-ring (bicyclic) bond motifs is 1. The van der Waals surface area contributed by atoms with Gasteiger partial charge in [-0.2, -0.15) is 9.67 Å². The van der Waals surface area contributed by atoms with Gasteiger partial charge in [-0.25, -0.2) is 4.98 Å². The molecule has 2 fully saturated rings. The van der Waals surface area contributed by atoms with Crippen LogP contribution in [0, 0.1) is 12.8 Å². The molecule has 0 aliphatic carbocycles. The van der Waals surface area contributed by atoms with Gasteiger partial charge in [-0.05, 0) is 68.1 Å². The molecule has 11 heteroatoms. The van der Waals surface area contributed by atoms with Crippen LogP contribution < -0.4 is 20.1 Å². The molecule has 0 amide bonds. The van der Waals surface area contributed by atoms with Crippen LogP contribution >= 0.6 is 0 Å². The lowest BCUT2D eigenvalue weighted by Gasteiger charge is -2.44. The van der Waals surface area contributed by atoms with E-state index in [2.05, 4.69) is 36.0 Å². The molecule has 2 N–H and O–H groups in total. The van der Waals surface area contributed by atoms with Crippen molar-refractivity contribution in [2.75, 3.05) is 44.5 Å². The number of nitrogens with one attached hydrogen (secondary N) is 2. The molecule has 2 unspecified atom stereocenters. The third-order valence-electron chi connectivity index (χ3n) is 6.99. The van der Waals surface area contributed by atoms with E-state index in [0.717, 1.165) is 17.9 Å². The van der Waals surface area contributed by atoms with Crippen LogP contribution in [-0.4, -0.2) is 75.0 Å². The van der Waals surface area contributed by atoms with Crippen molar-refractivity contribution >= 4 is 17.5 Å². The molecule has 0 spiro atoms. The van der Waals surface area contributed by atoms with Crippen LogP contribution in [-0.2, 0) is 0 Å². The first-order valence-corrected chi connectivity index (χ1v) is 12.2. The number of rotatable bonds is 8. The number of tetrazole rings is 1. The summed E-state index contributed by atoms with van der Waals surface area (Å²) < 4.78 is 12.7. The summed E-state index contributed by atoms with van der Waals surface area (Å²) in [6.45, 7) is 5.18. The average molecular weight is 480 g/mol. The molecule has 4 heterocycles. The summed E-state index contributed by atoms with van der Waals surface area (Å²) in [6.07, 6.45) is 8.14. The van der Waals surface area contributed by atoms with Gasteiger partial charge in [-0.15, -0.1) is 5.10 Å². The monoisotopic (exact) mass is 479 g/mol. The molecule has 1 aromatic carbocycles. The molecule has 3 aromatic rings. The standard InChI is InChI=1S/C24H33N9O2/c1-16-29-30-31-33(16)19-11-18(12-20(13-19)34-2)27-24-26-15-22(35-3)23(28-24)25-14-17-7-6-10-32-9-5-4-8-21(17)32/h11-13,15,17,21H,4-10,14H2,1-3H3,(H2,25,26,27,28). The second-order valence-corrected chi connectivity index (χ2v) is 9.18. The Balaban J connectivity index is 1.34. The van der Waals surface area contributed by atoms with Gasteiger partial charge in [0.2, 0.25) is 5.95 Å². The Morgan fingerprint density at radius 3 is 2.74 bits per heavy atom. The lowest BCUT2D eigenvalue weighted by Crippen LogP contribution is -2.49. The smallest absolute Gasteiger partial charge is 0.229 e. The summed E-state index contributed by atoms with van der Waals surface area (Å²) in [5.41, 5.74) is 1.53. The number of aryl methyl sites for hydroxylation is 1. The minimum absolute atomic E-state index is 0.462. The minimum atomic E-state index is 0.462. The number of methoxy groups -OCH3 is 2. The molecule has 0 saturated carbocycles. The summed E-state index contributed by atoms with van der Waals surface area (Å²) >= 11 is 0. The molecule has 35 heavy (non-hydrogen) atoms. The third-order valence-corrected chi connectivity index (χ3v) is 6.99. The fourth-order valence-electron chi connectivity index (χ4n) is 5.25. The van der Waals surface area contributed by atoms with Crippen LogP contribution in [0.4, 0.5) is 17.5 Å². The summed E-state index contributed by atoms with van der Waals surface area (Å²) in [6, 6.07) is 6.34. The number of hydrogen-bond acceptors (Lipinski definition) is 10. The fourth-order valence-corrected chi connectivity index (χ4v) is 5.25. The van der Waals surface area contributed by atoms with Gasteiger partial charge in [0, 0.05) is 30.4 Å². The quantitative estimate of drug-likeness (QED) is 0.499. The Hall–Kier alpha value is -3.47. The Bertz CT molecular complexity index is 1150. The van der Waals surface area contributed by atoms with Gasteiger partial charge in [0.25, 0.3) is 0 Å². The SMILES string of the molecule is COc1cc(Nc2ncc(OC)c(NCC3CCCN4CCCCC34)n2)cc(-n2nnnc2C)c1. The molecule has 2 aliphatic rings. The summed E-state index contributed by atoms with van der Waals surface area (Å²) in [5.74, 6) is 3.74. The first kappa shape index (κ1) is 23.3. The van der Waals surface area contributed by atoms with Crippen LogP contribution in [0.5, 0.6) is 11.5 Å². The van der Waals surface area contributed by atoms with Gasteiger partial charge < -0.3 is 25.0 Å². The summed E-state index contributed by atoms with van der Waals surface area (Å²) in [5, 5.41) is 18.6. The fraction of sp³-hybridized carbons (Fsp3) is 0.542. The van der Waals surface area contributed by atoms with E-state index in [4.69, 9.17) is 14.5 Å². The van der Waals surface area contributed by atoms with Gasteiger partial charge in [-0.3, -0.25) is 0 Å². The zero-order valence-electron chi connectivity index (χ0n) is 20.6. The van der Waals surface area contributed by atoms with Gasteiger partial charge in [0.15, 0.2) is 17.4 Å². The lowest BCUT2D eigenvalue weighted by atomic mass is 9.83. The summed E-state index contributed by atoms with van der Waals surface area (Å²) in [4.78, 5) is 11.9. The van der Waals surface area contributed by atoms with Crippen LogP contribution in [0.2, 0.25) is 0 Å². The van der Waals surface area contributed by atoms with Crippen LogP contribution in [0.25, 0.3) is 5.69 Å². The van der Waals surface area contributed by atoms with E-state index in [1.807, 2.05) is 25.1 Å². The maximum absolute atomic E-state index is 5.54. The van der Waals surface area contributed by atoms with Crippen LogP contribution in [0.1, 0.15) is 37.9 Å². The van der Waals surface area contributed by atoms with Crippen LogP contribution in [0.15, 0.2) is 24.4 Å². The van der Waals surface area contributed by atoms with E-state index in [9.17, 15) is 0 Å². The number of anilines is 3. The van der Waals surface area contributed by atoms with E-state index in [-0.39, 0.29) is 0 Å². The highest BCUT2D eigenvalue weighted by atomic mass is 16.5. The zero-order valence-corrected chi connectivity index (χ0v) is 20.6. The molecule has 2 atom stereocenters. The molecule has 2 aromatic heterocycles. The van der Waals surface area contributed by atoms with Crippen molar-refractivity contribution in [3.8, 4) is 17.2 Å². The number of aromatic nitrogens is 6. The number of nitrogens with zero attached hydrogens (tertiary/aromatic N) is 7. The number of benzene rings is 1. The molecular weight excluding hydrogens is 446 g/mol. The Labute approximate surface area is 205 Å². The van der Waals surface area contributed by atoms with Crippen molar-refractivity contribution in [3.63, 3.8) is 0 Å². The maximum Gasteiger partial charge on any atom is 0.229 e. The van der Waals surface area contributed by atoms with Crippen molar-refractivity contribution in [2.45, 2.75) is 45.1 Å². The predicted molar refractivity (Wildman–Crippen MR) is 133 cm³/mol. The van der Waals surface area contributed by atoms with Gasteiger partial charge in [0.05, 0.1) is 26.1 Å². The van der Waals surface area contributed by atoms with E-state index < -0.39 is 0 Å². The van der Waals surface area contributed by atoms with Gasteiger partial charge in [0.1, 0.15) is 5.75 Å². The van der Waals surface area contributed by atoms with Crippen molar-refractivity contribution in [3.05, 3.63) is 30.2 Å². The molecule has 186 valence electrons. The molecule has 0 radical (unpaired) electrons. The maximum atomic E-state index is 5.54. The van der Waals surface area contributed by atoms with E-state index in [0.29, 0.717) is 41.0 Å². The normalized spacial score (nSPS) is 20.2. The highest BCUT2D eigenvalue weighted by Crippen LogP contribution is 2.32. The number of piperidine rings is 2. The first-order chi connectivity index (χ1) is 17.1. The van der Waals surface area contributed by atoms with Crippen molar-refractivity contribution < 1.29 is 9.47 Å². The molecule has 0 bridgehead atoms. The van der Waals surface area contributed by atoms with E-state index in [1.54, 1.807) is 25.1 Å². The van der Waals surface area contributed by atoms with Crippen molar-refractivity contribution in [2.24, 2.45) is 5.92 Å². The van der Waals surface area contributed by atoms with Gasteiger partial charge in [-0.1, -0.05) is 6.42 Å². The topological polar surface area (TPSA) is 115 Å². The molecular formula is C24H33N9O2. The summed E-state index contributed by atoms with van der Waals surface area (Å²) in [7, 11) is 3.27. The Kier molecular flexibility index (Phi) is 6.94. The van der Waals surface area contributed by atoms with Crippen molar-refractivity contribution in [1.29, 1.82) is 0 Å². The second kappa shape index (κ2) is 10.4. The first-order valence-electron chi connectivity index (χ1n) is 12.2. The lowest BCUT2D eigenvalue weighted by molar-refractivity contribution is 0.0649. The predicted octanol–water partition coefficient (Wildman–Crippen LogP) is 3.20. The largest absolute Gasteiger partial charge is 0.497 e. The molecule has 2 aliphatic heterocycles. The Morgan fingerprint density at radius 2 is 1.94 bits per heavy atom. The number of ether oxygens (including phenoxy) is 2. The number of hydrogen-bond donors (Lipinski definition) is 2. The minimum Gasteiger partial charge on any atom is -0.497 e. The van der Waals surface area contributed by atoms with Crippen molar-refractivity contribution in [1.82, 2.24) is 35.1 Å². The highest BCUT2D eigenvalue weighted by Gasteiger charge is 2.32. The zero-order chi connectivity index (χ0) is 24.2. The molecule has 11 nitrogen and oxygen atoms in total. The Morgan fingerprint density at radius 1 is 1.06 bits per heavy atom. The highest BCUT2D eigenvalue weighted by molar-refractivity contribution is 5.63. The van der Waals surface area contributed by atoms with Gasteiger partial charge >= 0.3 is 0 Å². The third kappa shape index (κ3) is 5.14. The second-order valence-electron chi connectivity index (χ2n) is 9.18. The average Bonchev–Trinajstić information content (AvgIpc) is 3.33. The molecule has 5 rings (SSSR count). The van der Waals surface area contributed by atoms with E-state index in [1.165, 1.54) is 45.2 Å². The van der Waals surface area contributed by atoms with E-state index >= 15 is 0 Å². The molecule has 2 saturated heterocycles.